The summed E-state index contributed by atoms with van der Waals surface area (Å²) in [5.41, 5.74) is 0.694. The van der Waals surface area contributed by atoms with Crippen molar-refractivity contribution in [3.63, 3.8) is 0 Å². The van der Waals surface area contributed by atoms with Crippen molar-refractivity contribution in [3.8, 4) is 5.75 Å². The third kappa shape index (κ3) is 3.71. The zero-order valence-electron chi connectivity index (χ0n) is 11.8. The lowest BCUT2D eigenvalue weighted by Crippen LogP contribution is -2.35. The Balaban J connectivity index is 3.14. The van der Waals surface area contributed by atoms with E-state index in [2.05, 4.69) is 0 Å². The number of benzene rings is 1. The Hall–Kier alpha value is -1.60. The maximum atomic E-state index is 12.3. The molecule has 0 radical (unpaired) electrons. The van der Waals surface area contributed by atoms with Crippen LogP contribution in [-0.2, 0) is 14.8 Å². The number of aliphatic carboxylic acids is 1. The fourth-order valence-corrected chi connectivity index (χ4v) is 3.25. The van der Waals surface area contributed by atoms with Crippen LogP contribution in [0.4, 0.5) is 0 Å². The lowest BCUT2D eigenvalue weighted by molar-refractivity contribution is -0.137. The SMILES string of the molecule is CCOc1ccc(S(=O)(=O)N(CC)CC(=O)O)cc1C. The molecule has 0 aliphatic carbocycles. The van der Waals surface area contributed by atoms with E-state index in [0.29, 0.717) is 17.9 Å². The van der Waals surface area contributed by atoms with Gasteiger partial charge in [0.1, 0.15) is 12.3 Å². The second kappa shape index (κ2) is 6.71. The summed E-state index contributed by atoms with van der Waals surface area (Å²) in [5.74, 6) is -0.564. The van der Waals surface area contributed by atoms with Crippen LogP contribution in [0.25, 0.3) is 0 Å². The quantitative estimate of drug-likeness (QED) is 0.825. The molecule has 0 fully saturated rings. The molecule has 0 aromatic heterocycles. The minimum atomic E-state index is -3.80. The fraction of sp³-hybridized carbons (Fsp3) is 0.462. The predicted molar refractivity (Wildman–Crippen MR) is 74.4 cm³/mol. The third-order valence-electron chi connectivity index (χ3n) is 2.75. The van der Waals surface area contributed by atoms with Gasteiger partial charge in [0.25, 0.3) is 0 Å². The predicted octanol–water partition coefficient (Wildman–Crippen LogP) is 1.49. The summed E-state index contributed by atoms with van der Waals surface area (Å²) in [6.45, 7) is 5.23. The molecule has 0 saturated carbocycles. The second-order valence-corrected chi connectivity index (χ2v) is 6.12. The number of nitrogens with zero attached hydrogens (tertiary/aromatic N) is 1. The van der Waals surface area contributed by atoms with Crippen molar-refractivity contribution in [3.05, 3.63) is 23.8 Å². The summed E-state index contributed by atoms with van der Waals surface area (Å²) in [7, 11) is -3.80. The zero-order chi connectivity index (χ0) is 15.3. The molecule has 0 amide bonds. The van der Waals surface area contributed by atoms with E-state index in [9.17, 15) is 13.2 Å². The largest absolute Gasteiger partial charge is 0.494 e. The molecule has 0 aliphatic rings. The van der Waals surface area contributed by atoms with E-state index in [1.165, 1.54) is 12.1 Å². The molecular formula is C13H19NO5S. The van der Waals surface area contributed by atoms with Crippen molar-refractivity contribution in [2.45, 2.75) is 25.7 Å². The Morgan fingerprint density at radius 1 is 1.35 bits per heavy atom. The van der Waals surface area contributed by atoms with Gasteiger partial charge in [-0.15, -0.1) is 0 Å². The molecule has 1 N–H and O–H groups in total. The van der Waals surface area contributed by atoms with Crippen LogP contribution in [0.5, 0.6) is 5.75 Å². The number of carboxylic acids is 1. The Bertz CT molecular complexity index is 582. The molecule has 0 aliphatic heterocycles. The second-order valence-electron chi connectivity index (χ2n) is 4.19. The minimum absolute atomic E-state index is 0.0709. The van der Waals surface area contributed by atoms with E-state index in [1.54, 1.807) is 19.9 Å². The number of hydrogen-bond acceptors (Lipinski definition) is 4. The molecule has 0 heterocycles. The van der Waals surface area contributed by atoms with Crippen LogP contribution >= 0.6 is 0 Å². The molecular weight excluding hydrogens is 282 g/mol. The van der Waals surface area contributed by atoms with Crippen molar-refractivity contribution < 1.29 is 23.1 Å². The summed E-state index contributed by atoms with van der Waals surface area (Å²) in [4.78, 5) is 10.8. The van der Waals surface area contributed by atoms with Crippen molar-refractivity contribution >= 4 is 16.0 Å². The Kier molecular flexibility index (Phi) is 5.52. The molecule has 20 heavy (non-hydrogen) atoms. The van der Waals surface area contributed by atoms with Crippen LogP contribution < -0.4 is 4.74 Å². The number of rotatable bonds is 7. The molecule has 0 atom stereocenters. The maximum Gasteiger partial charge on any atom is 0.318 e. The van der Waals surface area contributed by atoms with Crippen LogP contribution in [-0.4, -0.2) is 43.5 Å². The van der Waals surface area contributed by atoms with Crippen LogP contribution in [0, 0.1) is 6.92 Å². The molecule has 1 rings (SSSR count). The standard InChI is InChI=1S/C13H19NO5S/c1-4-14(9-13(15)16)20(17,18)11-6-7-12(19-5-2)10(3)8-11/h6-8H,4-5,9H2,1-3H3,(H,15,16). The van der Waals surface area contributed by atoms with Crippen molar-refractivity contribution in [2.24, 2.45) is 0 Å². The van der Waals surface area contributed by atoms with Crippen molar-refractivity contribution in [2.75, 3.05) is 19.7 Å². The van der Waals surface area contributed by atoms with E-state index in [0.717, 1.165) is 4.31 Å². The average Bonchev–Trinajstić information content (AvgIpc) is 2.38. The summed E-state index contributed by atoms with van der Waals surface area (Å²) in [6, 6.07) is 4.50. The van der Waals surface area contributed by atoms with E-state index in [4.69, 9.17) is 9.84 Å². The number of hydrogen-bond donors (Lipinski definition) is 1. The van der Waals surface area contributed by atoms with E-state index in [-0.39, 0.29) is 11.4 Å². The number of sulfonamides is 1. The lowest BCUT2D eigenvalue weighted by atomic mass is 10.2. The van der Waals surface area contributed by atoms with Gasteiger partial charge in [-0.2, -0.15) is 4.31 Å². The molecule has 0 bridgehead atoms. The molecule has 7 heteroatoms. The maximum absolute atomic E-state index is 12.3. The van der Waals surface area contributed by atoms with Crippen LogP contribution in [0.1, 0.15) is 19.4 Å². The number of carbonyl (C=O) groups is 1. The summed E-state index contributed by atoms with van der Waals surface area (Å²) in [6.07, 6.45) is 0. The molecule has 1 aromatic carbocycles. The van der Waals surface area contributed by atoms with Gasteiger partial charge in [-0.05, 0) is 37.6 Å². The smallest absolute Gasteiger partial charge is 0.318 e. The first-order valence-electron chi connectivity index (χ1n) is 6.28. The molecule has 6 nitrogen and oxygen atoms in total. The summed E-state index contributed by atoms with van der Waals surface area (Å²) >= 11 is 0. The topological polar surface area (TPSA) is 83.9 Å². The van der Waals surface area contributed by atoms with Crippen LogP contribution in [0.2, 0.25) is 0 Å². The summed E-state index contributed by atoms with van der Waals surface area (Å²) in [5, 5.41) is 8.77. The van der Waals surface area contributed by atoms with Gasteiger partial charge in [0.2, 0.25) is 10.0 Å². The van der Waals surface area contributed by atoms with Crippen molar-refractivity contribution in [1.82, 2.24) is 4.31 Å². The highest BCUT2D eigenvalue weighted by atomic mass is 32.2. The monoisotopic (exact) mass is 301 g/mol. The molecule has 0 unspecified atom stereocenters. The lowest BCUT2D eigenvalue weighted by Gasteiger charge is -2.19. The molecule has 112 valence electrons. The number of carboxylic acid groups (broad SMARTS) is 1. The van der Waals surface area contributed by atoms with Gasteiger partial charge in [0, 0.05) is 6.54 Å². The van der Waals surface area contributed by atoms with Gasteiger partial charge >= 0.3 is 5.97 Å². The van der Waals surface area contributed by atoms with Crippen LogP contribution in [0.3, 0.4) is 0 Å². The minimum Gasteiger partial charge on any atom is -0.494 e. The first-order valence-corrected chi connectivity index (χ1v) is 7.72. The zero-order valence-corrected chi connectivity index (χ0v) is 12.6. The average molecular weight is 301 g/mol. The highest BCUT2D eigenvalue weighted by Gasteiger charge is 2.25. The van der Waals surface area contributed by atoms with Gasteiger partial charge in [0.05, 0.1) is 11.5 Å². The normalized spacial score (nSPS) is 11.6. The van der Waals surface area contributed by atoms with E-state index >= 15 is 0 Å². The first-order chi connectivity index (χ1) is 9.32. The highest BCUT2D eigenvalue weighted by molar-refractivity contribution is 7.89. The molecule has 1 aromatic rings. The Morgan fingerprint density at radius 2 is 2.00 bits per heavy atom. The van der Waals surface area contributed by atoms with E-state index in [1.807, 2.05) is 6.92 Å². The van der Waals surface area contributed by atoms with E-state index < -0.39 is 22.5 Å². The Morgan fingerprint density at radius 3 is 2.45 bits per heavy atom. The van der Waals surface area contributed by atoms with Crippen LogP contribution in [0.15, 0.2) is 23.1 Å². The first kappa shape index (κ1) is 16.5. The Labute approximate surface area is 119 Å². The highest BCUT2D eigenvalue weighted by Crippen LogP contribution is 2.23. The fourth-order valence-electron chi connectivity index (χ4n) is 1.77. The molecule has 0 spiro atoms. The number of ether oxygens (including phenoxy) is 1. The molecule has 0 saturated heterocycles. The number of likely N-dealkylation sites (N-methyl/N-ethyl adjacent to an activating group) is 1. The van der Waals surface area contributed by atoms with Gasteiger partial charge in [-0.1, -0.05) is 6.92 Å². The van der Waals surface area contributed by atoms with Gasteiger partial charge in [0.15, 0.2) is 0 Å². The van der Waals surface area contributed by atoms with Gasteiger partial charge in [-0.25, -0.2) is 8.42 Å². The van der Waals surface area contributed by atoms with Gasteiger partial charge in [-0.3, -0.25) is 4.79 Å². The summed E-state index contributed by atoms with van der Waals surface area (Å²) < 4.78 is 31.0. The van der Waals surface area contributed by atoms with Crippen molar-refractivity contribution in [1.29, 1.82) is 0 Å². The number of aryl methyl sites for hydroxylation is 1. The van der Waals surface area contributed by atoms with Gasteiger partial charge < -0.3 is 9.84 Å². The third-order valence-corrected chi connectivity index (χ3v) is 4.67.